The molecule has 0 aliphatic carbocycles. The van der Waals surface area contributed by atoms with E-state index in [-0.39, 0.29) is 0 Å². The molecule has 5 aromatic carbocycles. The lowest BCUT2D eigenvalue weighted by Gasteiger charge is -2.44. The molecule has 0 aliphatic rings. The van der Waals surface area contributed by atoms with E-state index in [1.54, 1.807) is 7.11 Å². The van der Waals surface area contributed by atoms with Crippen LogP contribution in [0.3, 0.4) is 0 Å². The number of hydrogen-bond acceptors (Lipinski definition) is 3. The Labute approximate surface area is 240 Å². The largest absolute Gasteiger partial charge is 0.399 e. The summed E-state index contributed by atoms with van der Waals surface area (Å²) in [6.45, 7) is 6.81. The number of methoxy groups -OCH3 is 1. The molecule has 40 heavy (non-hydrogen) atoms. The zero-order valence-corrected chi connectivity index (χ0v) is 23.9. The van der Waals surface area contributed by atoms with Gasteiger partial charge in [-0.15, -0.1) is 0 Å². The van der Waals surface area contributed by atoms with E-state index in [1.807, 2.05) is 13.0 Å². The van der Waals surface area contributed by atoms with Crippen LogP contribution in [0.5, 0.6) is 0 Å². The molecule has 0 fully saturated rings. The maximum atomic E-state index is 5.79. The molecule has 0 radical (unpaired) electrons. The fourth-order valence-electron chi connectivity index (χ4n) is 5.65. The number of rotatable bonds is 9. The quantitative estimate of drug-likeness (QED) is 0.214. The summed E-state index contributed by atoms with van der Waals surface area (Å²) in [7, 11) is 1.72. The molecule has 2 N–H and O–H groups in total. The molecule has 0 saturated carbocycles. The zero-order valence-electron chi connectivity index (χ0n) is 23.9. The lowest BCUT2D eigenvalue weighted by Crippen LogP contribution is -2.74. The lowest BCUT2D eigenvalue weighted by molar-refractivity contribution is 0.205. The Kier molecular flexibility index (Phi) is 10.2. The molecule has 5 rings (SSSR count). The Balaban J connectivity index is 0.000000212. The van der Waals surface area contributed by atoms with E-state index in [9.17, 15) is 0 Å². The van der Waals surface area contributed by atoms with Gasteiger partial charge < -0.3 is 15.4 Å². The van der Waals surface area contributed by atoms with E-state index in [4.69, 9.17) is 10.5 Å². The summed E-state index contributed by atoms with van der Waals surface area (Å²) in [6.07, 6.45) is -1.22. The molecule has 0 aliphatic heterocycles. The number of nitrogens with zero attached hydrogens (tertiary/aromatic N) is 1. The second-order valence-electron chi connectivity index (χ2n) is 10.1. The first-order chi connectivity index (χ1) is 19.6. The van der Waals surface area contributed by atoms with Gasteiger partial charge in [0.15, 0.2) is 0 Å². The lowest BCUT2D eigenvalue weighted by atomic mass is 9.13. The Bertz CT molecular complexity index is 1260. The first kappa shape index (κ1) is 28.7. The number of ether oxygens (including phenoxy) is 1. The highest BCUT2D eigenvalue weighted by molar-refractivity contribution is 7.19. The molecule has 0 atom stereocenters. The van der Waals surface area contributed by atoms with Crippen LogP contribution in [0.15, 0.2) is 140 Å². The molecule has 0 spiro atoms. The van der Waals surface area contributed by atoms with E-state index >= 15 is 0 Å². The molecule has 3 nitrogen and oxygen atoms in total. The number of nitrogens with two attached hydrogens (primary N) is 1. The predicted molar refractivity (Wildman–Crippen MR) is 175 cm³/mol. The van der Waals surface area contributed by atoms with Crippen molar-refractivity contribution < 1.29 is 4.74 Å². The van der Waals surface area contributed by atoms with Crippen molar-refractivity contribution in [2.75, 3.05) is 37.4 Å². The van der Waals surface area contributed by atoms with E-state index in [0.717, 1.165) is 30.9 Å². The van der Waals surface area contributed by atoms with Gasteiger partial charge in [-0.3, -0.25) is 0 Å². The maximum Gasteiger partial charge on any atom is 0.108 e. The standard InChI is InChI=1S/C24H20B.C12H20N2O/c1-5-13-21(14-6-1)25(22-15-7-2-8-16-22,23-17-9-3-10-18-23)24-19-11-4-12-20-24;1-4-14(7-8-15-3)11-5-6-12(13)10(2)9-11/h1-20H;5-6,9H,4,7-8,13H2,1-3H3/q-1;. The molecule has 0 aromatic heterocycles. The van der Waals surface area contributed by atoms with Gasteiger partial charge in [0.25, 0.3) is 0 Å². The Morgan fingerprint density at radius 1 is 0.625 bits per heavy atom. The molecule has 5 aromatic rings. The second-order valence-corrected chi connectivity index (χ2v) is 10.1. The smallest absolute Gasteiger partial charge is 0.108 e. The van der Waals surface area contributed by atoms with Crippen LogP contribution in [0.25, 0.3) is 0 Å². The van der Waals surface area contributed by atoms with Gasteiger partial charge in [0.1, 0.15) is 6.15 Å². The Hall–Kier alpha value is -4.28. The van der Waals surface area contributed by atoms with Crippen molar-refractivity contribution in [1.82, 2.24) is 0 Å². The molecular weight excluding hydrogens is 487 g/mol. The van der Waals surface area contributed by atoms with E-state index in [1.165, 1.54) is 27.5 Å². The van der Waals surface area contributed by atoms with Crippen LogP contribution < -0.4 is 32.5 Å². The van der Waals surface area contributed by atoms with Crippen LogP contribution in [0, 0.1) is 6.92 Å². The van der Waals surface area contributed by atoms with E-state index in [2.05, 4.69) is 145 Å². The minimum Gasteiger partial charge on any atom is -0.399 e. The highest BCUT2D eigenvalue weighted by Gasteiger charge is 2.31. The van der Waals surface area contributed by atoms with Crippen molar-refractivity contribution in [3.8, 4) is 0 Å². The highest BCUT2D eigenvalue weighted by Crippen LogP contribution is 2.20. The summed E-state index contributed by atoms with van der Waals surface area (Å²) in [6, 6.07) is 49.7. The fourth-order valence-corrected chi connectivity index (χ4v) is 5.65. The number of aryl methyl sites for hydroxylation is 1. The molecule has 0 heterocycles. The Morgan fingerprint density at radius 2 is 1.02 bits per heavy atom. The number of hydrogen-bond donors (Lipinski definition) is 1. The van der Waals surface area contributed by atoms with Gasteiger partial charge in [0.05, 0.1) is 6.61 Å². The SMILES string of the molecule is CCN(CCOC)c1ccc(N)c(C)c1.c1ccc([B-](c2ccccc2)(c2ccccc2)c2ccccc2)cc1. The number of benzene rings is 5. The first-order valence-corrected chi connectivity index (χ1v) is 14.1. The average Bonchev–Trinajstić information content (AvgIpc) is 3.02. The van der Waals surface area contributed by atoms with Crippen LogP contribution in [-0.2, 0) is 4.74 Å². The molecule has 0 saturated heterocycles. The highest BCUT2D eigenvalue weighted by atomic mass is 16.5. The third-order valence-electron chi connectivity index (χ3n) is 7.76. The zero-order chi connectivity index (χ0) is 28.2. The average molecular weight is 528 g/mol. The Morgan fingerprint density at radius 3 is 1.35 bits per heavy atom. The summed E-state index contributed by atoms with van der Waals surface area (Å²) in [5, 5.41) is 0. The topological polar surface area (TPSA) is 38.5 Å². The summed E-state index contributed by atoms with van der Waals surface area (Å²) in [4.78, 5) is 2.27. The van der Waals surface area contributed by atoms with Crippen molar-refractivity contribution in [1.29, 1.82) is 0 Å². The van der Waals surface area contributed by atoms with Crippen molar-refractivity contribution in [3.05, 3.63) is 145 Å². The van der Waals surface area contributed by atoms with Gasteiger partial charge in [-0.1, -0.05) is 121 Å². The van der Waals surface area contributed by atoms with Gasteiger partial charge in [-0.2, -0.15) is 21.9 Å². The van der Waals surface area contributed by atoms with Crippen molar-refractivity contribution >= 4 is 39.4 Å². The van der Waals surface area contributed by atoms with Crippen LogP contribution >= 0.6 is 0 Å². The third kappa shape index (κ3) is 6.47. The number of likely N-dealkylation sites (N-methyl/N-ethyl adjacent to an activating group) is 1. The molecule has 204 valence electrons. The minimum atomic E-state index is -1.22. The molecule has 0 unspecified atom stereocenters. The van der Waals surface area contributed by atoms with Gasteiger partial charge in [-0.05, 0) is 37.6 Å². The van der Waals surface area contributed by atoms with E-state index in [0.29, 0.717) is 0 Å². The van der Waals surface area contributed by atoms with Crippen LogP contribution in [-0.4, -0.2) is 33.0 Å². The summed E-state index contributed by atoms with van der Waals surface area (Å²) in [5.41, 5.74) is 14.3. The summed E-state index contributed by atoms with van der Waals surface area (Å²) < 4.78 is 5.08. The number of anilines is 2. The van der Waals surface area contributed by atoms with Crippen LogP contribution in [0.1, 0.15) is 12.5 Å². The van der Waals surface area contributed by atoms with Crippen molar-refractivity contribution in [2.24, 2.45) is 0 Å². The number of nitrogen functional groups attached to an aromatic ring is 1. The summed E-state index contributed by atoms with van der Waals surface area (Å²) in [5.74, 6) is 0. The molecule has 0 amide bonds. The maximum absolute atomic E-state index is 5.79. The van der Waals surface area contributed by atoms with E-state index < -0.39 is 6.15 Å². The third-order valence-corrected chi connectivity index (χ3v) is 7.76. The van der Waals surface area contributed by atoms with Gasteiger partial charge in [-0.25, -0.2) is 0 Å². The predicted octanol–water partition coefficient (Wildman–Crippen LogP) is 5.11. The van der Waals surface area contributed by atoms with Crippen molar-refractivity contribution in [3.63, 3.8) is 0 Å². The molecule has 0 bridgehead atoms. The minimum absolute atomic E-state index is 0.747. The monoisotopic (exact) mass is 527 g/mol. The van der Waals surface area contributed by atoms with Crippen molar-refractivity contribution in [2.45, 2.75) is 13.8 Å². The molecular formula is C36H40BN2O-. The fraction of sp³-hybridized carbons (Fsp3) is 0.167. The van der Waals surface area contributed by atoms with Crippen LogP contribution in [0.2, 0.25) is 0 Å². The van der Waals surface area contributed by atoms with Gasteiger partial charge in [0.2, 0.25) is 0 Å². The molecule has 4 heteroatoms. The van der Waals surface area contributed by atoms with Gasteiger partial charge in [0, 0.05) is 31.6 Å². The van der Waals surface area contributed by atoms with Crippen LogP contribution in [0.4, 0.5) is 11.4 Å². The first-order valence-electron chi connectivity index (χ1n) is 14.1. The summed E-state index contributed by atoms with van der Waals surface area (Å²) >= 11 is 0. The second kappa shape index (κ2) is 14.2. The normalized spacial score (nSPS) is 10.9. The van der Waals surface area contributed by atoms with Gasteiger partial charge >= 0.3 is 0 Å².